The number of nitro benzene ring substituents is 1. The molecule has 0 aliphatic heterocycles. The SMILES string of the molecule is Nn1c(SCc2ccc([N+](=O)[O-])cc2)nnc1-c1ccncc1. The molecular formula is C14H12N6O2S. The van der Waals surface area contributed by atoms with Crippen LogP contribution in [0, 0.1) is 10.1 Å². The van der Waals surface area contributed by atoms with Gasteiger partial charge in [-0.3, -0.25) is 15.1 Å². The van der Waals surface area contributed by atoms with E-state index in [4.69, 9.17) is 5.84 Å². The Kier molecular flexibility index (Phi) is 4.20. The monoisotopic (exact) mass is 328 g/mol. The molecule has 0 atom stereocenters. The van der Waals surface area contributed by atoms with Crippen LogP contribution in [0.25, 0.3) is 11.4 Å². The fourth-order valence-electron chi connectivity index (χ4n) is 1.94. The van der Waals surface area contributed by atoms with Crippen molar-refractivity contribution in [2.24, 2.45) is 0 Å². The molecule has 9 heteroatoms. The molecule has 2 N–H and O–H groups in total. The predicted molar refractivity (Wildman–Crippen MR) is 86.1 cm³/mol. The van der Waals surface area contributed by atoms with Gasteiger partial charge in [-0.1, -0.05) is 23.9 Å². The van der Waals surface area contributed by atoms with Gasteiger partial charge in [0.05, 0.1) is 4.92 Å². The first kappa shape index (κ1) is 15.0. The van der Waals surface area contributed by atoms with Crippen LogP contribution in [0.15, 0.2) is 53.9 Å². The van der Waals surface area contributed by atoms with Crippen molar-refractivity contribution in [3.05, 3.63) is 64.5 Å². The maximum atomic E-state index is 10.6. The molecule has 0 unspecified atom stereocenters. The van der Waals surface area contributed by atoms with Gasteiger partial charge in [0.2, 0.25) is 5.16 Å². The minimum atomic E-state index is -0.422. The highest BCUT2D eigenvalue weighted by molar-refractivity contribution is 7.98. The van der Waals surface area contributed by atoms with Crippen LogP contribution >= 0.6 is 11.8 Å². The highest BCUT2D eigenvalue weighted by Crippen LogP contribution is 2.24. The van der Waals surface area contributed by atoms with Gasteiger partial charge in [-0.25, -0.2) is 4.68 Å². The van der Waals surface area contributed by atoms with Gasteiger partial charge < -0.3 is 5.84 Å². The third-order valence-electron chi connectivity index (χ3n) is 3.12. The zero-order chi connectivity index (χ0) is 16.2. The Hall–Kier alpha value is -2.94. The number of nitrogen functional groups attached to an aromatic ring is 1. The van der Waals surface area contributed by atoms with E-state index in [2.05, 4.69) is 15.2 Å². The molecule has 0 radical (unpaired) electrons. The van der Waals surface area contributed by atoms with Crippen molar-refractivity contribution in [1.29, 1.82) is 0 Å². The number of hydrogen-bond acceptors (Lipinski definition) is 7. The summed E-state index contributed by atoms with van der Waals surface area (Å²) in [6.45, 7) is 0. The maximum Gasteiger partial charge on any atom is 0.269 e. The number of nitro groups is 1. The quantitative estimate of drug-likeness (QED) is 0.331. The molecule has 2 aromatic heterocycles. The molecule has 0 amide bonds. The third kappa shape index (κ3) is 3.29. The van der Waals surface area contributed by atoms with Crippen molar-refractivity contribution in [2.45, 2.75) is 10.9 Å². The first-order valence-corrected chi connectivity index (χ1v) is 7.61. The van der Waals surface area contributed by atoms with Gasteiger partial charge in [0.15, 0.2) is 5.82 Å². The molecule has 0 bridgehead atoms. The van der Waals surface area contributed by atoms with Crippen LogP contribution in [-0.4, -0.2) is 24.8 Å². The van der Waals surface area contributed by atoms with Crippen molar-refractivity contribution < 1.29 is 4.92 Å². The van der Waals surface area contributed by atoms with Crippen molar-refractivity contribution in [3.63, 3.8) is 0 Å². The second-order valence-corrected chi connectivity index (χ2v) is 5.57. The summed E-state index contributed by atoms with van der Waals surface area (Å²) in [5.41, 5.74) is 1.84. The molecule has 0 spiro atoms. The zero-order valence-electron chi connectivity index (χ0n) is 11.9. The van der Waals surface area contributed by atoms with Crippen LogP contribution in [0.1, 0.15) is 5.56 Å². The van der Waals surface area contributed by atoms with Crippen LogP contribution < -0.4 is 5.84 Å². The molecule has 0 saturated heterocycles. The van der Waals surface area contributed by atoms with Crippen molar-refractivity contribution in [3.8, 4) is 11.4 Å². The molecule has 2 heterocycles. The standard InChI is InChI=1S/C14H12N6O2S/c15-19-13(11-5-7-16-8-6-11)17-18-14(19)23-9-10-1-3-12(4-2-10)20(21)22/h1-8H,9,15H2. The second kappa shape index (κ2) is 6.44. The summed E-state index contributed by atoms with van der Waals surface area (Å²) in [7, 11) is 0. The van der Waals surface area contributed by atoms with Crippen LogP contribution in [0.4, 0.5) is 5.69 Å². The van der Waals surface area contributed by atoms with E-state index in [1.54, 1.807) is 36.7 Å². The Morgan fingerprint density at radius 3 is 2.48 bits per heavy atom. The Labute approximate surface area is 135 Å². The van der Waals surface area contributed by atoms with E-state index >= 15 is 0 Å². The first-order chi connectivity index (χ1) is 11.1. The maximum absolute atomic E-state index is 10.6. The van der Waals surface area contributed by atoms with Gasteiger partial charge >= 0.3 is 0 Å². The largest absolute Gasteiger partial charge is 0.335 e. The van der Waals surface area contributed by atoms with Crippen LogP contribution in [0.3, 0.4) is 0 Å². The predicted octanol–water partition coefficient (Wildman–Crippen LogP) is 2.25. The zero-order valence-corrected chi connectivity index (χ0v) is 12.7. The fraction of sp³-hybridized carbons (Fsp3) is 0.0714. The van der Waals surface area contributed by atoms with Crippen LogP contribution in [-0.2, 0) is 5.75 Å². The lowest BCUT2D eigenvalue weighted by molar-refractivity contribution is -0.384. The lowest BCUT2D eigenvalue weighted by Gasteiger charge is -2.03. The van der Waals surface area contributed by atoms with Crippen molar-refractivity contribution >= 4 is 17.4 Å². The highest BCUT2D eigenvalue weighted by Gasteiger charge is 2.12. The van der Waals surface area contributed by atoms with Crippen LogP contribution in [0.2, 0.25) is 0 Å². The van der Waals surface area contributed by atoms with E-state index in [9.17, 15) is 10.1 Å². The minimum absolute atomic E-state index is 0.0701. The number of benzene rings is 1. The summed E-state index contributed by atoms with van der Waals surface area (Å²) in [6, 6.07) is 9.99. The summed E-state index contributed by atoms with van der Waals surface area (Å²) >= 11 is 1.41. The Balaban J connectivity index is 1.72. The number of aromatic nitrogens is 4. The lowest BCUT2D eigenvalue weighted by atomic mass is 10.2. The normalized spacial score (nSPS) is 10.6. The van der Waals surface area contributed by atoms with E-state index in [1.165, 1.54) is 28.6 Å². The van der Waals surface area contributed by atoms with Crippen molar-refractivity contribution in [2.75, 3.05) is 5.84 Å². The van der Waals surface area contributed by atoms with E-state index in [1.807, 2.05) is 0 Å². The molecule has 0 fully saturated rings. The average Bonchev–Trinajstić information content (AvgIpc) is 2.95. The van der Waals surface area contributed by atoms with E-state index < -0.39 is 4.92 Å². The smallest absolute Gasteiger partial charge is 0.269 e. The number of hydrogen-bond donors (Lipinski definition) is 1. The topological polar surface area (TPSA) is 113 Å². The van der Waals surface area contributed by atoms with E-state index in [0.717, 1.165) is 11.1 Å². The van der Waals surface area contributed by atoms with Crippen LogP contribution in [0.5, 0.6) is 0 Å². The molecule has 0 aliphatic rings. The number of thioether (sulfide) groups is 1. The molecule has 116 valence electrons. The Bertz CT molecular complexity index is 819. The summed E-state index contributed by atoms with van der Waals surface area (Å²) < 4.78 is 1.42. The van der Waals surface area contributed by atoms with Gasteiger partial charge in [0.1, 0.15) is 0 Å². The molecule has 3 aromatic rings. The fourth-order valence-corrected chi connectivity index (χ4v) is 2.75. The molecule has 3 rings (SSSR count). The molecule has 23 heavy (non-hydrogen) atoms. The molecule has 1 aromatic carbocycles. The van der Waals surface area contributed by atoms with Gasteiger partial charge in [0, 0.05) is 35.8 Å². The summed E-state index contributed by atoms with van der Waals surface area (Å²) in [5.74, 6) is 7.17. The Morgan fingerprint density at radius 1 is 1.13 bits per heavy atom. The summed E-state index contributed by atoms with van der Waals surface area (Å²) in [5, 5.41) is 19.4. The third-order valence-corrected chi connectivity index (χ3v) is 4.13. The van der Waals surface area contributed by atoms with Gasteiger partial charge in [0.25, 0.3) is 5.69 Å². The van der Waals surface area contributed by atoms with E-state index in [0.29, 0.717) is 16.7 Å². The number of nitrogens with two attached hydrogens (primary N) is 1. The number of pyridine rings is 1. The average molecular weight is 328 g/mol. The molecule has 0 aliphatic carbocycles. The number of rotatable bonds is 5. The number of nitrogens with zero attached hydrogens (tertiary/aromatic N) is 5. The van der Waals surface area contributed by atoms with Gasteiger partial charge in [-0.05, 0) is 17.7 Å². The van der Waals surface area contributed by atoms with Gasteiger partial charge in [-0.2, -0.15) is 0 Å². The first-order valence-electron chi connectivity index (χ1n) is 6.62. The van der Waals surface area contributed by atoms with Gasteiger partial charge in [-0.15, -0.1) is 10.2 Å². The minimum Gasteiger partial charge on any atom is -0.335 e. The van der Waals surface area contributed by atoms with Crippen molar-refractivity contribution in [1.82, 2.24) is 19.9 Å². The molecule has 8 nitrogen and oxygen atoms in total. The molecular weight excluding hydrogens is 316 g/mol. The second-order valence-electron chi connectivity index (χ2n) is 4.62. The van der Waals surface area contributed by atoms with E-state index in [-0.39, 0.29) is 5.69 Å². The molecule has 0 saturated carbocycles. The Morgan fingerprint density at radius 2 is 1.83 bits per heavy atom. The summed E-state index contributed by atoms with van der Waals surface area (Å²) in [4.78, 5) is 14.2. The number of non-ortho nitro benzene ring substituents is 1. The summed E-state index contributed by atoms with van der Waals surface area (Å²) in [6.07, 6.45) is 3.32. The highest BCUT2D eigenvalue weighted by atomic mass is 32.2. The lowest BCUT2D eigenvalue weighted by Crippen LogP contribution is -2.11.